The second kappa shape index (κ2) is 15.8. The highest BCUT2D eigenvalue weighted by Gasteiger charge is 2.63. The normalized spacial score (nSPS) is 44.4. The van der Waals surface area contributed by atoms with Gasteiger partial charge in [0.15, 0.2) is 0 Å². The number of aliphatic hydroxyl groups is 2. The Kier molecular flexibility index (Phi) is 12.8. The summed E-state index contributed by atoms with van der Waals surface area (Å²) < 4.78 is 18.3. The van der Waals surface area contributed by atoms with E-state index in [1.54, 1.807) is 21.0 Å². The van der Waals surface area contributed by atoms with Gasteiger partial charge in [0, 0.05) is 50.0 Å². The molecule has 4 aliphatic rings. The van der Waals surface area contributed by atoms with Gasteiger partial charge in [-0.25, -0.2) is 0 Å². The molecule has 0 amide bonds. The summed E-state index contributed by atoms with van der Waals surface area (Å²) in [7, 11) is 2.90. The first-order valence-corrected chi connectivity index (χ1v) is 19.0. The average molecular weight is 701 g/mol. The Morgan fingerprint density at radius 1 is 0.920 bits per heavy atom. The van der Waals surface area contributed by atoms with Gasteiger partial charge in [-0.05, 0) is 83.1 Å². The molecule has 9 heteroatoms. The topological polar surface area (TPSA) is 136 Å². The minimum Gasteiger partial charge on any atom is -0.469 e. The van der Waals surface area contributed by atoms with Crippen LogP contribution in [0.15, 0.2) is 23.8 Å². The molecular formula is C41H64O9. The Morgan fingerprint density at radius 3 is 2.24 bits per heavy atom. The molecule has 0 spiro atoms. The van der Waals surface area contributed by atoms with Gasteiger partial charge in [-0.3, -0.25) is 19.2 Å². The third kappa shape index (κ3) is 8.21. The van der Waals surface area contributed by atoms with E-state index in [2.05, 4.69) is 0 Å². The monoisotopic (exact) mass is 700 g/mol. The van der Waals surface area contributed by atoms with Crippen molar-refractivity contribution < 1.29 is 43.6 Å². The summed E-state index contributed by atoms with van der Waals surface area (Å²) in [5.41, 5.74) is -4.29. The molecule has 2 saturated carbocycles. The number of ether oxygens (including phenoxy) is 3. The fraction of sp³-hybridized carbons (Fsp3) is 0.805. The maximum absolute atomic E-state index is 14.7. The van der Waals surface area contributed by atoms with Crippen LogP contribution in [0.2, 0.25) is 0 Å². The molecule has 2 N–H and O–H groups in total. The largest absolute Gasteiger partial charge is 0.469 e. The van der Waals surface area contributed by atoms with Crippen molar-refractivity contribution in [1.82, 2.24) is 0 Å². The Bertz CT molecular complexity index is 1330. The van der Waals surface area contributed by atoms with E-state index < -0.39 is 58.1 Å². The predicted molar refractivity (Wildman–Crippen MR) is 191 cm³/mol. The molecule has 0 aromatic heterocycles. The van der Waals surface area contributed by atoms with E-state index in [9.17, 15) is 29.4 Å². The molecule has 282 valence electrons. The van der Waals surface area contributed by atoms with Crippen LogP contribution in [0.3, 0.4) is 0 Å². The van der Waals surface area contributed by atoms with Crippen molar-refractivity contribution in [2.24, 2.45) is 40.9 Å². The summed E-state index contributed by atoms with van der Waals surface area (Å²) in [6, 6.07) is 0. The number of carbonyl (C=O) groups is 4. The molecule has 4 rings (SSSR count). The van der Waals surface area contributed by atoms with Crippen molar-refractivity contribution in [2.75, 3.05) is 14.2 Å². The van der Waals surface area contributed by atoms with Gasteiger partial charge >= 0.3 is 5.97 Å². The lowest BCUT2D eigenvalue weighted by atomic mass is 9.50. The lowest BCUT2D eigenvalue weighted by molar-refractivity contribution is -0.214. The molecule has 2 aliphatic heterocycles. The number of ketones is 3. The maximum Gasteiger partial charge on any atom is 0.313 e. The molecule has 50 heavy (non-hydrogen) atoms. The van der Waals surface area contributed by atoms with Gasteiger partial charge in [-0.1, -0.05) is 58.8 Å². The molecule has 1 saturated heterocycles. The van der Waals surface area contributed by atoms with E-state index >= 15 is 0 Å². The second-order valence-corrected chi connectivity index (χ2v) is 17.2. The SMILES string of the molecule is COC(=O)[C@]12CC(=O)[C@H](C(C)C)CC(=O)[C@H](C)CCC[C@H](C)CC(=O)[C@H]1C[C@@](C)(OC)/C1=C/C[C@@](C)(O)[C@@H]3CC[C@](C)(O)[C@H](CC/C=C\[C@@H]12)O3. The Hall–Kier alpha value is -2.20. The first-order chi connectivity index (χ1) is 23.3. The van der Waals surface area contributed by atoms with Crippen LogP contribution in [0.25, 0.3) is 0 Å². The summed E-state index contributed by atoms with van der Waals surface area (Å²) in [6.45, 7) is 13.2. The standard InChI is InChI=1S/C41H64O9/c1-25(2)28-22-32(42)27(4)14-12-13-26(3)21-33(43)31-23-40(7,49-9)29-17-19-38(5,46)36-18-20-39(6,47)35(50-36)16-11-10-15-30(29)41(31,24-34(28)44)37(45)48-8/h10,15,17,25-28,30-31,35-36,46-47H,11-14,16,18-24H2,1-9H3/b15-10-,29-17+/t26-,27+,28-,30-,31+,35-,36-,38+,39-,40+,41-/m0/s1. The molecule has 9 nitrogen and oxygen atoms in total. The van der Waals surface area contributed by atoms with Gasteiger partial charge in [-0.15, -0.1) is 0 Å². The van der Waals surface area contributed by atoms with E-state index in [0.29, 0.717) is 37.7 Å². The van der Waals surface area contributed by atoms with Crippen LogP contribution < -0.4 is 0 Å². The van der Waals surface area contributed by atoms with Crippen LogP contribution in [0, 0.1) is 40.9 Å². The van der Waals surface area contributed by atoms with Gasteiger partial charge in [-0.2, -0.15) is 0 Å². The van der Waals surface area contributed by atoms with Crippen LogP contribution in [0.1, 0.15) is 126 Å². The summed E-state index contributed by atoms with van der Waals surface area (Å²) >= 11 is 0. The van der Waals surface area contributed by atoms with Crippen LogP contribution in [-0.2, 0) is 33.4 Å². The molecular weight excluding hydrogens is 636 g/mol. The highest BCUT2D eigenvalue weighted by Crippen LogP contribution is 2.58. The van der Waals surface area contributed by atoms with E-state index in [-0.39, 0.29) is 67.2 Å². The summed E-state index contributed by atoms with van der Waals surface area (Å²) in [5.74, 6) is -3.55. The zero-order valence-corrected chi connectivity index (χ0v) is 32.1. The van der Waals surface area contributed by atoms with Crippen LogP contribution in [-0.4, -0.2) is 76.8 Å². The Morgan fingerprint density at radius 2 is 1.60 bits per heavy atom. The van der Waals surface area contributed by atoms with Gasteiger partial charge in [0.05, 0.1) is 41.5 Å². The average Bonchev–Trinajstić information content (AvgIpc) is 3.04. The number of fused-ring (bicyclic) bond motifs is 5. The number of hydrogen-bond donors (Lipinski definition) is 2. The highest BCUT2D eigenvalue weighted by molar-refractivity contribution is 5.97. The number of methoxy groups -OCH3 is 2. The maximum atomic E-state index is 14.7. The third-order valence-electron chi connectivity index (χ3n) is 12.9. The summed E-state index contributed by atoms with van der Waals surface area (Å²) in [4.78, 5) is 57.5. The zero-order valence-electron chi connectivity index (χ0n) is 32.1. The number of Topliss-reactive ketones (excluding diaryl/α,β-unsaturated/α-hetero) is 3. The first kappa shape index (κ1) is 40.6. The van der Waals surface area contributed by atoms with E-state index in [1.165, 1.54) is 7.11 Å². The molecule has 0 aromatic rings. The lowest BCUT2D eigenvalue weighted by Gasteiger charge is -2.54. The van der Waals surface area contributed by atoms with E-state index in [0.717, 1.165) is 12.8 Å². The molecule has 2 bridgehead atoms. The summed E-state index contributed by atoms with van der Waals surface area (Å²) in [6.07, 6.45) is 9.33. The van der Waals surface area contributed by atoms with Gasteiger partial charge < -0.3 is 24.4 Å². The molecule has 0 radical (unpaired) electrons. The zero-order chi connectivity index (χ0) is 37.2. The minimum atomic E-state index is -1.61. The third-order valence-corrected chi connectivity index (χ3v) is 12.9. The van der Waals surface area contributed by atoms with Crippen LogP contribution in [0.4, 0.5) is 0 Å². The molecule has 0 unspecified atom stereocenters. The number of hydrogen-bond acceptors (Lipinski definition) is 9. The van der Waals surface area contributed by atoms with Crippen molar-refractivity contribution in [3.05, 3.63) is 23.8 Å². The minimum absolute atomic E-state index is 0.0158. The van der Waals surface area contributed by atoms with E-state index in [1.807, 2.05) is 52.8 Å². The predicted octanol–water partition coefficient (Wildman–Crippen LogP) is 6.51. The molecule has 0 aromatic carbocycles. The number of esters is 1. The smallest absolute Gasteiger partial charge is 0.313 e. The molecule has 2 heterocycles. The van der Waals surface area contributed by atoms with Crippen molar-refractivity contribution in [3.63, 3.8) is 0 Å². The van der Waals surface area contributed by atoms with Gasteiger partial charge in [0.2, 0.25) is 0 Å². The van der Waals surface area contributed by atoms with Gasteiger partial charge in [0.25, 0.3) is 0 Å². The number of carbonyl (C=O) groups excluding carboxylic acids is 4. The van der Waals surface area contributed by atoms with Crippen molar-refractivity contribution >= 4 is 23.3 Å². The fourth-order valence-corrected chi connectivity index (χ4v) is 9.34. The van der Waals surface area contributed by atoms with Crippen molar-refractivity contribution in [1.29, 1.82) is 0 Å². The van der Waals surface area contributed by atoms with E-state index in [4.69, 9.17) is 14.2 Å². The second-order valence-electron chi connectivity index (χ2n) is 17.2. The van der Waals surface area contributed by atoms with Crippen molar-refractivity contribution in [2.45, 2.75) is 155 Å². The van der Waals surface area contributed by atoms with Crippen LogP contribution in [0.5, 0.6) is 0 Å². The quantitative estimate of drug-likeness (QED) is 0.250. The first-order valence-electron chi connectivity index (χ1n) is 19.0. The number of rotatable bonds is 3. The molecule has 2 aliphatic carbocycles. The van der Waals surface area contributed by atoms with Gasteiger partial charge in [0.1, 0.15) is 17.3 Å². The highest BCUT2D eigenvalue weighted by atomic mass is 16.5. The van der Waals surface area contributed by atoms with Crippen LogP contribution >= 0.6 is 0 Å². The Balaban J connectivity index is 1.97. The molecule has 11 atom stereocenters. The van der Waals surface area contributed by atoms with Crippen molar-refractivity contribution in [3.8, 4) is 0 Å². The fourth-order valence-electron chi connectivity index (χ4n) is 9.34. The number of allylic oxidation sites excluding steroid dienone is 2. The molecule has 3 fully saturated rings. The summed E-state index contributed by atoms with van der Waals surface area (Å²) in [5, 5.41) is 23.1. The lowest BCUT2D eigenvalue weighted by Crippen LogP contribution is -2.59. The Labute approximate surface area is 300 Å².